The van der Waals surface area contributed by atoms with Crippen LogP contribution in [0, 0.1) is 50.2 Å². The van der Waals surface area contributed by atoms with Gasteiger partial charge in [0.05, 0.1) is 17.6 Å². The van der Waals surface area contributed by atoms with E-state index >= 15 is 0 Å². The molecule has 5 rings (SSSR count). The van der Waals surface area contributed by atoms with Gasteiger partial charge >= 0.3 is 5.97 Å². The van der Waals surface area contributed by atoms with E-state index in [0.29, 0.717) is 24.7 Å². The summed E-state index contributed by atoms with van der Waals surface area (Å²) in [6, 6.07) is 0. The van der Waals surface area contributed by atoms with Gasteiger partial charge in [0.1, 0.15) is 0 Å². The van der Waals surface area contributed by atoms with Gasteiger partial charge in [0.15, 0.2) is 0 Å². The number of carbonyl (C=O) groups is 1. The molecule has 10 atom stereocenters. The molecule has 4 heteroatoms. The first kappa shape index (κ1) is 24.8. The summed E-state index contributed by atoms with van der Waals surface area (Å²) < 4.78 is 0. The van der Waals surface area contributed by atoms with Crippen LogP contribution in [0.3, 0.4) is 0 Å². The minimum Gasteiger partial charge on any atom is -0.481 e. The average Bonchev–Trinajstić information content (AvgIpc) is 2.73. The molecule has 0 heterocycles. The lowest BCUT2D eigenvalue weighted by Gasteiger charge is -2.71. The Morgan fingerprint density at radius 2 is 1.50 bits per heavy atom. The highest BCUT2D eigenvalue weighted by Gasteiger charge is 2.69. The van der Waals surface area contributed by atoms with Crippen molar-refractivity contribution in [1.82, 2.24) is 0 Å². The molecule has 0 amide bonds. The van der Waals surface area contributed by atoms with Gasteiger partial charge in [-0.3, -0.25) is 4.79 Å². The Kier molecular flexibility index (Phi) is 5.20. The average molecular weight is 473 g/mol. The first-order valence-electron chi connectivity index (χ1n) is 13.9. The van der Waals surface area contributed by atoms with Gasteiger partial charge in [0, 0.05) is 5.41 Å². The Morgan fingerprint density at radius 1 is 0.824 bits per heavy atom. The van der Waals surface area contributed by atoms with E-state index in [1.54, 1.807) is 0 Å². The summed E-state index contributed by atoms with van der Waals surface area (Å²) in [7, 11) is 0. The van der Waals surface area contributed by atoms with Crippen LogP contribution in [0.4, 0.5) is 0 Å². The Labute approximate surface area is 206 Å². The molecular formula is C30H48O4. The molecule has 4 unspecified atom stereocenters. The molecule has 0 saturated heterocycles. The smallest absolute Gasteiger partial charge is 0.309 e. The number of carboxylic acid groups (broad SMARTS) is 1. The molecule has 0 aliphatic heterocycles. The van der Waals surface area contributed by atoms with E-state index in [2.05, 4.69) is 47.6 Å². The highest BCUT2D eigenvalue weighted by molar-refractivity contribution is 5.74. The van der Waals surface area contributed by atoms with Gasteiger partial charge in [-0.2, -0.15) is 0 Å². The van der Waals surface area contributed by atoms with E-state index in [4.69, 9.17) is 0 Å². The topological polar surface area (TPSA) is 77.8 Å². The lowest BCUT2D eigenvalue weighted by Crippen LogP contribution is -2.65. The maximum absolute atomic E-state index is 12.3. The van der Waals surface area contributed by atoms with Crippen molar-refractivity contribution < 1.29 is 20.1 Å². The number of carboxylic acids is 1. The van der Waals surface area contributed by atoms with Crippen molar-refractivity contribution in [2.45, 2.75) is 118 Å². The van der Waals surface area contributed by atoms with Crippen LogP contribution >= 0.6 is 0 Å². The third-order valence-electron chi connectivity index (χ3n) is 13.4. The Bertz CT molecular complexity index is 923. The first-order chi connectivity index (χ1) is 15.6. The molecule has 5 aliphatic carbocycles. The van der Waals surface area contributed by atoms with Gasteiger partial charge in [0.2, 0.25) is 0 Å². The molecule has 4 saturated carbocycles. The van der Waals surface area contributed by atoms with Crippen molar-refractivity contribution in [3.63, 3.8) is 0 Å². The second kappa shape index (κ2) is 7.12. The summed E-state index contributed by atoms with van der Waals surface area (Å²) in [6.45, 7) is 16.2. The molecule has 4 fully saturated rings. The number of allylic oxidation sites excluding steroid dienone is 2. The van der Waals surface area contributed by atoms with Gasteiger partial charge in [-0.15, -0.1) is 0 Å². The zero-order valence-corrected chi connectivity index (χ0v) is 22.6. The number of hydrogen-bond donors (Lipinski definition) is 3. The number of aliphatic hydroxyl groups is 2. The molecule has 4 nitrogen and oxygen atoms in total. The van der Waals surface area contributed by atoms with Crippen LogP contribution in [0.15, 0.2) is 11.6 Å². The molecule has 0 aromatic rings. The van der Waals surface area contributed by atoms with E-state index in [-0.39, 0.29) is 39.1 Å². The third kappa shape index (κ3) is 2.82. The maximum Gasteiger partial charge on any atom is 0.309 e. The summed E-state index contributed by atoms with van der Waals surface area (Å²) in [5, 5.41) is 32.2. The van der Waals surface area contributed by atoms with Crippen molar-refractivity contribution in [3.05, 3.63) is 11.6 Å². The van der Waals surface area contributed by atoms with E-state index in [1.165, 1.54) is 12.0 Å². The van der Waals surface area contributed by atoms with E-state index in [0.717, 1.165) is 38.5 Å². The highest BCUT2D eigenvalue weighted by Crippen LogP contribution is 2.75. The van der Waals surface area contributed by atoms with Gasteiger partial charge in [-0.1, -0.05) is 53.2 Å². The maximum atomic E-state index is 12.3. The normalized spacial score (nSPS) is 56.3. The van der Waals surface area contributed by atoms with Crippen LogP contribution < -0.4 is 0 Å². The van der Waals surface area contributed by atoms with Crippen LogP contribution in [0.5, 0.6) is 0 Å². The van der Waals surface area contributed by atoms with Crippen LogP contribution in [0.25, 0.3) is 0 Å². The number of rotatable bonds is 1. The van der Waals surface area contributed by atoms with Crippen LogP contribution in [-0.2, 0) is 4.79 Å². The van der Waals surface area contributed by atoms with Crippen LogP contribution in [-0.4, -0.2) is 33.5 Å². The fraction of sp³-hybridized carbons (Fsp3) is 0.900. The SMILES string of the molecule is CC1(C)C2CC[C@]3(C)C(CC=C4[C@@H]5C[C@](C)(C(=O)O)CC(O)[C@]5(C)CCC43C)[C@@]2(C)CC[C@@H]1O. The Balaban J connectivity index is 1.59. The second-order valence-corrected chi connectivity index (χ2v) is 15.0. The van der Waals surface area contributed by atoms with Crippen molar-refractivity contribution >= 4 is 5.97 Å². The van der Waals surface area contributed by atoms with E-state index < -0.39 is 17.5 Å². The summed E-state index contributed by atoms with van der Waals surface area (Å²) >= 11 is 0. The van der Waals surface area contributed by atoms with Crippen molar-refractivity contribution in [2.75, 3.05) is 0 Å². The van der Waals surface area contributed by atoms with Gasteiger partial charge < -0.3 is 15.3 Å². The Morgan fingerprint density at radius 3 is 2.15 bits per heavy atom. The van der Waals surface area contributed by atoms with Crippen molar-refractivity contribution in [2.24, 2.45) is 50.2 Å². The van der Waals surface area contributed by atoms with Gasteiger partial charge in [-0.05, 0) is 104 Å². The number of fused-ring (bicyclic) bond motifs is 7. The monoisotopic (exact) mass is 472 g/mol. The second-order valence-electron chi connectivity index (χ2n) is 15.0. The molecule has 5 aliphatic rings. The third-order valence-corrected chi connectivity index (χ3v) is 13.4. The molecular weight excluding hydrogens is 424 g/mol. The summed E-state index contributed by atoms with van der Waals surface area (Å²) in [5.41, 5.74) is 0.706. The minimum atomic E-state index is -0.867. The molecule has 3 N–H and O–H groups in total. The van der Waals surface area contributed by atoms with Gasteiger partial charge in [0.25, 0.3) is 0 Å². The number of aliphatic carboxylic acids is 1. The van der Waals surface area contributed by atoms with Crippen LogP contribution in [0.2, 0.25) is 0 Å². The standard InChI is InChI=1S/C30H48O4/c1-25(2)20-10-13-30(7)21(28(20,5)12-11-22(25)31)9-8-18-19-16-26(3,24(33)34)17-23(32)27(19,4)14-15-29(18,30)6/h8,19-23,31-32H,9-17H2,1-7H3,(H,33,34)/t19-,20?,21?,22-,23?,26-,27+,28-,29?,30+/m0/s1. The molecule has 192 valence electrons. The van der Waals surface area contributed by atoms with Gasteiger partial charge in [-0.25, -0.2) is 0 Å². The van der Waals surface area contributed by atoms with Crippen LogP contribution in [0.1, 0.15) is 106 Å². The summed E-state index contributed by atoms with van der Waals surface area (Å²) in [6.07, 6.45) is 10.1. The lowest BCUT2D eigenvalue weighted by molar-refractivity contribution is -0.208. The Hall–Kier alpha value is -0.870. The number of hydrogen-bond acceptors (Lipinski definition) is 3. The zero-order chi connectivity index (χ0) is 25.1. The fourth-order valence-corrected chi connectivity index (χ4v) is 10.6. The van der Waals surface area contributed by atoms with Crippen molar-refractivity contribution in [1.29, 1.82) is 0 Å². The van der Waals surface area contributed by atoms with E-state index in [9.17, 15) is 20.1 Å². The lowest BCUT2D eigenvalue weighted by atomic mass is 9.33. The minimum absolute atomic E-state index is 0.0325. The summed E-state index contributed by atoms with van der Waals surface area (Å²) in [4.78, 5) is 12.3. The quantitative estimate of drug-likeness (QED) is 0.397. The van der Waals surface area contributed by atoms with Crippen molar-refractivity contribution in [3.8, 4) is 0 Å². The van der Waals surface area contributed by atoms with E-state index in [1.807, 2.05) is 6.92 Å². The largest absolute Gasteiger partial charge is 0.481 e. The predicted molar refractivity (Wildman–Crippen MR) is 134 cm³/mol. The molecule has 0 aromatic carbocycles. The molecule has 0 aromatic heterocycles. The number of aliphatic hydroxyl groups excluding tert-OH is 2. The predicted octanol–water partition coefficient (Wildman–Crippen LogP) is 6.20. The highest BCUT2D eigenvalue weighted by atomic mass is 16.4. The zero-order valence-electron chi connectivity index (χ0n) is 22.6. The first-order valence-corrected chi connectivity index (χ1v) is 13.9. The molecule has 0 spiro atoms. The molecule has 0 bridgehead atoms. The molecule has 0 radical (unpaired) electrons. The molecule has 34 heavy (non-hydrogen) atoms. The fourth-order valence-electron chi connectivity index (χ4n) is 10.6. The summed E-state index contributed by atoms with van der Waals surface area (Å²) in [5.74, 6) is 0.463.